The molecule has 1 aliphatic heterocycles. The van der Waals surface area contributed by atoms with E-state index < -0.39 is 0 Å². The molecule has 2 rings (SSSR count). The van der Waals surface area contributed by atoms with Gasteiger partial charge in [-0.25, -0.2) is 0 Å². The number of aliphatic hydroxyl groups is 1. The zero-order valence-electron chi connectivity index (χ0n) is 11.2. The summed E-state index contributed by atoms with van der Waals surface area (Å²) in [7, 11) is 3.81. The Bertz CT molecular complexity index is 387. The number of aliphatic hydroxyl groups excluding tert-OH is 1. The number of ether oxygens (including phenoxy) is 1. The second-order valence-corrected chi connectivity index (χ2v) is 4.88. The van der Waals surface area contributed by atoms with Crippen molar-refractivity contribution in [3.63, 3.8) is 0 Å². The average molecular weight is 250 g/mol. The summed E-state index contributed by atoms with van der Waals surface area (Å²) in [5.74, 6) is 0.782. The third kappa shape index (κ3) is 3.22. The largest absolute Gasteiger partial charge is 0.496 e. The molecule has 1 aromatic rings. The summed E-state index contributed by atoms with van der Waals surface area (Å²) in [5.41, 5.74) is 2.09. The van der Waals surface area contributed by atoms with Crippen molar-refractivity contribution in [1.82, 2.24) is 9.80 Å². The smallest absolute Gasteiger partial charge is 0.124 e. The van der Waals surface area contributed by atoms with E-state index in [9.17, 15) is 5.11 Å². The van der Waals surface area contributed by atoms with Crippen molar-refractivity contribution in [2.75, 3.05) is 40.3 Å². The standard InChI is InChI=1S/C14H22N2O2/c1-15-5-7-16(8-6-15)10-12-3-4-13(11-17)14(9-12)18-2/h3-4,9,17H,5-8,10-11H2,1-2H3. The van der Waals surface area contributed by atoms with Crippen LogP contribution in [-0.2, 0) is 13.2 Å². The Balaban J connectivity index is 2.01. The van der Waals surface area contributed by atoms with Crippen LogP contribution in [0, 0.1) is 0 Å². The number of piperazine rings is 1. The third-order valence-electron chi connectivity index (χ3n) is 3.52. The quantitative estimate of drug-likeness (QED) is 0.862. The van der Waals surface area contributed by atoms with Crippen molar-refractivity contribution in [2.24, 2.45) is 0 Å². The molecule has 0 atom stereocenters. The van der Waals surface area contributed by atoms with E-state index >= 15 is 0 Å². The molecule has 1 saturated heterocycles. The molecular formula is C14H22N2O2. The summed E-state index contributed by atoms with van der Waals surface area (Å²) in [5, 5.41) is 9.20. The van der Waals surface area contributed by atoms with Gasteiger partial charge in [0.15, 0.2) is 0 Å². The van der Waals surface area contributed by atoms with E-state index in [4.69, 9.17) is 4.74 Å². The molecule has 18 heavy (non-hydrogen) atoms. The molecule has 1 aromatic carbocycles. The van der Waals surface area contributed by atoms with Gasteiger partial charge in [0, 0.05) is 38.3 Å². The van der Waals surface area contributed by atoms with Crippen LogP contribution in [-0.4, -0.2) is 55.2 Å². The number of methoxy groups -OCH3 is 1. The van der Waals surface area contributed by atoms with Crippen LogP contribution in [0.2, 0.25) is 0 Å². The maximum atomic E-state index is 9.20. The van der Waals surface area contributed by atoms with Crippen molar-refractivity contribution in [1.29, 1.82) is 0 Å². The fraction of sp³-hybridized carbons (Fsp3) is 0.571. The molecule has 4 nitrogen and oxygen atoms in total. The second-order valence-electron chi connectivity index (χ2n) is 4.88. The van der Waals surface area contributed by atoms with Crippen molar-refractivity contribution in [3.8, 4) is 5.75 Å². The third-order valence-corrected chi connectivity index (χ3v) is 3.52. The van der Waals surface area contributed by atoms with Crippen molar-refractivity contribution in [3.05, 3.63) is 29.3 Å². The lowest BCUT2D eigenvalue weighted by atomic mass is 10.1. The fourth-order valence-electron chi connectivity index (χ4n) is 2.28. The predicted octanol–water partition coefficient (Wildman–Crippen LogP) is 0.935. The Morgan fingerprint density at radius 2 is 1.94 bits per heavy atom. The number of rotatable bonds is 4. The molecule has 0 unspecified atom stereocenters. The molecule has 1 heterocycles. The number of likely N-dealkylation sites (N-methyl/N-ethyl adjacent to an activating group) is 1. The SMILES string of the molecule is COc1cc(CN2CCN(C)CC2)ccc1CO. The predicted molar refractivity (Wildman–Crippen MR) is 71.7 cm³/mol. The van der Waals surface area contributed by atoms with Gasteiger partial charge in [0.2, 0.25) is 0 Å². The van der Waals surface area contributed by atoms with Gasteiger partial charge in [0.25, 0.3) is 0 Å². The van der Waals surface area contributed by atoms with Crippen LogP contribution < -0.4 is 4.74 Å². The van der Waals surface area contributed by atoms with Gasteiger partial charge in [-0.2, -0.15) is 0 Å². The number of benzene rings is 1. The summed E-state index contributed by atoms with van der Waals surface area (Å²) < 4.78 is 5.30. The Hall–Kier alpha value is -1.10. The first-order valence-corrected chi connectivity index (χ1v) is 6.40. The van der Waals surface area contributed by atoms with Gasteiger partial charge in [-0.3, -0.25) is 4.90 Å². The summed E-state index contributed by atoms with van der Waals surface area (Å²) in [6.07, 6.45) is 0. The Morgan fingerprint density at radius 3 is 2.56 bits per heavy atom. The van der Waals surface area contributed by atoms with Gasteiger partial charge in [-0.1, -0.05) is 12.1 Å². The molecule has 0 radical (unpaired) electrons. The highest BCUT2D eigenvalue weighted by Gasteiger charge is 2.14. The summed E-state index contributed by atoms with van der Waals surface area (Å²) in [6.45, 7) is 5.47. The zero-order chi connectivity index (χ0) is 13.0. The maximum absolute atomic E-state index is 9.20. The minimum atomic E-state index is 0.0258. The highest BCUT2D eigenvalue weighted by molar-refractivity contribution is 5.37. The topological polar surface area (TPSA) is 35.9 Å². The van der Waals surface area contributed by atoms with E-state index in [0.717, 1.165) is 44.0 Å². The molecule has 0 bridgehead atoms. The van der Waals surface area contributed by atoms with Crippen LogP contribution in [0.1, 0.15) is 11.1 Å². The Kier molecular flexibility index (Phi) is 4.58. The normalized spacial score (nSPS) is 17.9. The Morgan fingerprint density at radius 1 is 1.22 bits per heavy atom. The maximum Gasteiger partial charge on any atom is 0.124 e. The second kappa shape index (κ2) is 6.18. The fourth-order valence-corrected chi connectivity index (χ4v) is 2.28. The molecule has 0 aliphatic carbocycles. The molecule has 1 N–H and O–H groups in total. The lowest BCUT2D eigenvalue weighted by molar-refractivity contribution is 0.148. The molecule has 1 fully saturated rings. The highest BCUT2D eigenvalue weighted by Crippen LogP contribution is 2.21. The van der Waals surface area contributed by atoms with E-state index in [1.165, 1.54) is 5.56 Å². The minimum Gasteiger partial charge on any atom is -0.496 e. The van der Waals surface area contributed by atoms with E-state index in [2.05, 4.69) is 22.9 Å². The zero-order valence-corrected chi connectivity index (χ0v) is 11.2. The average Bonchev–Trinajstić information content (AvgIpc) is 2.41. The van der Waals surface area contributed by atoms with E-state index in [1.54, 1.807) is 7.11 Å². The van der Waals surface area contributed by atoms with Crippen molar-refractivity contribution < 1.29 is 9.84 Å². The van der Waals surface area contributed by atoms with Crippen LogP contribution in [0.3, 0.4) is 0 Å². The summed E-state index contributed by atoms with van der Waals surface area (Å²) in [4.78, 5) is 4.80. The molecule has 0 spiro atoms. The lowest BCUT2D eigenvalue weighted by Gasteiger charge is -2.32. The van der Waals surface area contributed by atoms with Gasteiger partial charge in [0.1, 0.15) is 5.75 Å². The van der Waals surface area contributed by atoms with Crippen LogP contribution in [0.15, 0.2) is 18.2 Å². The van der Waals surface area contributed by atoms with Crippen LogP contribution >= 0.6 is 0 Å². The summed E-state index contributed by atoms with van der Waals surface area (Å²) >= 11 is 0. The van der Waals surface area contributed by atoms with Crippen LogP contribution in [0.25, 0.3) is 0 Å². The van der Waals surface area contributed by atoms with Crippen molar-refractivity contribution in [2.45, 2.75) is 13.2 Å². The van der Waals surface area contributed by atoms with Crippen molar-refractivity contribution >= 4 is 0 Å². The monoisotopic (exact) mass is 250 g/mol. The molecular weight excluding hydrogens is 228 g/mol. The van der Waals surface area contributed by atoms with E-state index in [1.807, 2.05) is 12.1 Å². The molecule has 4 heteroatoms. The van der Waals surface area contributed by atoms with Gasteiger partial charge >= 0.3 is 0 Å². The van der Waals surface area contributed by atoms with E-state index in [-0.39, 0.29) is 6.61 Å². The molecule has 1 aliphatic rings. The molecule has 0 amide bonds. The first kappa shape index (κ1) is 13.3. The van der Waals surface area contributed by atoms with Crippen LogP contribution in [0.4, 0.5) is 0 Å². The molecule has 100 valence electrons. The van der Waals surface area contributed by atoms with E-state index in [0.29, 0.717) is 0 Å². The first-order valence-electron chi connectivity index (χ1n) is 6.40. The lowest BCUT2D eigenvalue weighted by Crippen LogP contribution is -2.43. The van der Waals surface area contributed by atoms with Gasteiger partial charge in [0.05, 0.1) is 13.7 Å². The number of hydrogen-bond donors (Lipinski definition) is 1. The highest BCUT2D eigenvalue weighted by atomic mass is 16.5. The number of nitrogens with zero attached hydrogens (tertiary/aromatic N) is 2. The summed E-state index contributed by atoms with van der Waals surface area (Å²) in [6, 6.07) is 6.06. The molecule has 0 aromatic heterocycles. The van der Waals surface area contributed by atoms with Crippen LogP contribution in [0.5, 0.6) is 5.75 Å². The van der Waals surface area contributed by atoms with Gasteiger partial charge in [-0.05, 0) is 18.7 Å². The Labute approximate surface area is 109 Å². The van der Waals surface area contributed by atoms with Gasteiger partial charge < -0.3 is 14.7 Å². The van der Waals surface area contributed by atoms with Gasteiger partial charge in [-0.15, -0.1) is 0 Å². The first-order chi connectivity index (χ1) is 8.72. The minimum absolute atomic E-state index is 0.0258. The number of hydrogen-bond acceptors (Lipinski definition) is 4. The molecule has 0 saturated carbocycles.